The van der Waals surface area contributed by atoms with Crippen molar-refractivity contribution >= 4 is 17.5 Å². The van der Waals surface area contributed by atoms with Crippen molar-refractivity contribution in [3.63, 3.8) is 0 Å². The molecule has 0 bridgehead atoms. The molecule has 7 heteroatoms. The number of amides is 2. The largest absolute Gasteiger partial charge is 0.366 e. The van der Waals surface area contributed by atoms with E-state index in [4.69, 9.17) is 5.73 Å². The molecule has 1 heterocycles. The van der Waals surface area contributed by atoms with Gasteiger partial charge in [0.1, 0.15) is 5.69 Å². The summed E-state index contributed by atoms with van der Waals surface area (Å²) in [6.45, 7) is 0. The molecule has 4 N–H and O–H groups in total. The Kier molecular flexibility index (Phi) is 3.37. The zero-order chi connectivity index (χ0) is 13.8. The molecule has 0 fully saturated rings. The lowest BCUT2D eigenvalue weighted by Gasteiger charge is -2.04. The van der Waals surface area contributed by atoms with Gasteiger partial charge in [-0.2, -0.15) is 0 Å². The second-order valence-corrected chi connectivity index (χ2v) is 3.69. The number of aromatic amines is 1. The van der Waals surface area contributed by atoms with Crippen molar-refractivity contribution in [3.05, 3.63) is 58.3 Å². The smallest absolute Gasteiger partial charge is 0.275 e. The number of carbonyl (C=O) groups excluding carboxylic acids is 2. The van der Waals surface area contributed by atoms with Crippen molar-refractivity contribution in [1.29, 1.82) is 0 Å². The molecule has 1 aromatic carbocycles. The van der Waals surface area contributed by atoms with Gasteiger partial charge in [0.25, 0.3) is 11.5 Å². The van der Waals surface area contributed by atoms with Crippen molar-refractivity contribution in [2.24, 2.45) is 5.73 Å². The van der Waals surface area contributed by atoms with Gasteiger partial charge in [-0.15, -0.1) is 0 Å². The standard InChI is InChI=1S/C12H10N4O3/c13-11(18)7-1-3-8(4-2-7)16-12(19)9-5-15-10(17)6-14-9/h1-6H,(H2,13,18)(H,15,17)(H,16,19). The average Bonchev–Trinajstić information content (AvgIpc) is 2.40. The summed E-state index contributed by atoms with van der Waals surface area (Å²) in [5.41, 5.74) is 5.63. The maximum absolute atomic E-state index is 11.8. The lowest BCUT2D eigenvalue weighted by atomic mass is 10.2. The summed E-state index contributed by atoms with van der Waals surface area (Å²) in [7, 11) is 0. The number of hydrogen-bond acceptors (Lipinski definition) is 4. The molecule has 19 heavy (non-hydrogen) atoms. The number of carbonyl (C=O) groups is 2. The Morgan fingerprint density at radius 3 is 2.42 bits per heavy atom. The Morgan fingerprint density at radius 1 is 1.21 bits per heavy atom. The van der Waals surface area contributed by atoms with Crippen LogP contribution in [0.25, 0.3) is 0 Å². The van der Waals surface area contributed by atoms with Crippen molar-refractivity contribution in [2.75, 3.05) is 5.32 Å². The minimum atomic E-state index is -0.542. The highest BCUT2D eigenvalue weighted by molar-refractivity contribution is 6.03. The van der Waals surface area contributed by atoms with E-state index in [-0.39, 0.29) is 11.3 Å². The molecule has 7 nitrogen and oxygen atoms in total. The van der Waals surface area contributed by atoms with Crippen LogP contribution in [-0.2, 0) is 0 Å². The third kappa shape index (κ3) is 3.03. The lowest BCUT2D eigenvalue weighted by Crippen LogP contribution is -2.17. The first-order valence-corrected chi connectivity index (χ1v) is 5.32. The molecule has 2 amide bonds. The van der Waals surface area contributed by atoms with Gasteiger partial charge in [-0.05, 0) is 24.3 Å². The van der Waals surface area contributed by atoms with E-state index in [9.17, 15) is 14.4 Å². The Labute approximate surface area is 107 Å². The van der Waals surface area contributed by atoms with Gasteiger partial charge >= 0.3 is 0 Å². The van der Waals surface area contributed by atoms with Crippen LogP contribution in [-0.4, -0.2) is 21.8 Å². The minimum absolute atomic E-state index is 0.0820. The Hall–Kier alpha value is -2.96. The zero-order valence-corrected chi connectivity index (χ0v) is 9.71. The van der Waals surface area contributed by atoms with Gasteiger partial charge in [0.05, 0.1) is 6.20 Å². The number of aromatic nitrogens is 2. The van der Waals surface area contributed by atoms with E-state index in [0.717, 1.165) is 6.20 Å². The van der Waals surface area contributed by atoms with Crippen LogP contribution >= 0.6 is 0 Å². The number of anilines is 1. The number of rotatable bonds is 3. The summed E-state index contributed by atoms with van der Waals surface area (Å²) in [6, 6.07) is 6.09. The lowest BCUT2D eigenvalue weighted by molar-refractivity contribution is 0.0997. The highest BCUT2D eigenvalue weighted by Gasteiger charge is 2.08. The number of nitrogens with one attached hydrogen (secondary N) is 2. The molecule has 0 aliphatic carbocycles. The Morgan fingerprint density at radius 2 is 1.89 bits per heavy atom. The fourth-order valence-electron chi connectivity index (χ4n) is 1.38. The molecular formula is C12H10N4O3. The second-order valence-electron chi connectivity index (χ2n) is 3.69. The normalized spacial score (nSPS) is 9.89. The van der Waals surface area contributed by atoms with Crippen LogP contribution < -0.4 is 16.6 Å². The number of nitrogens with zero attached hydrogens (tertiary/aromatic N) is 1. The molecule has 0 saturated carbocycles. The molecular weight excluding hydrogens is 248 g/mol. The first kappa shape index (κ1) is 12.5. The van der Waals surface area contributed by atoms with Crippen LogP contribution in [0.4, 0.5) is 5.69 Å². The maximum atomic E-state index is 11.8. The first-order chi connectivity index (χ1) is 9.06. The monoisotopic (exact) mass is 258 g/mol. The van der Waals surface area contributed by atoms with E-state index in [1.807, 2.05) is 0 Å². The van der Waals surface area contributed by atoms with Crippen molar-refractivity contribution < 1.29 is 9.59 Å². The van der Waals surface area contributed by atoms with Crippen LogP contribution in [0.1, 0.15) is 20.8 Å². The summed E-state index contributed by atoms with van der Waals surface area (Å²) < 4.78 is 0. The number of nitrogens with two attached hydrogens (primary N) is 1. The SMILES string of the molecule is NC(=O)c1ccc(NC(=O)c2c[nH]c(=O)cn2)cc1. The van der Waals surface area contributed by atoms with Gasteiger partial charge in [0, 0.05) is 17.4 Å². The van der Waals surface area contributed by atoms with Crippen molar-refractivity contribution in [2.45, 2.75) is 0 Å². The molecule has 2 aromatic rings. The van der Waals surface area contributed by atoms with Crippen LogP contribution in [0.5, 0.6) is 0 Å². The summed E-state index contributed by atoms with van der Waals surface area (Å²) in [6.07, 6.45) is 2.24. The topological polar surface area (TPSA) is 118 Å². The third-order valence-electron chi connectivity index (χ3n) is 2.33. The van der Waals surface area contributed by atoms with Gasteiger partial charge in [0.2, 0.25) is 5.91 Å². The average molecular weight is 258 g/mol. The van der Waals surface area contributed by atoms with Gasteiger partial charge in [0.15, 0.2) is 0 Å². The Balaban J connectivity index is 2.12. The third-order valence-corrected chi connectivity index (χ3v) is 2.33. The number of hydrogen-bond donors (Lipinski definition) is 3. The first-order valence-electron chi connectivity index (χ1n) is 5.32. The highest BCUT2D eigenvalue weighted by Crippen LogP contribution is 2.10. The summed E-state index contributed by atoms with van der Waals surface area (Å²) in [4.78, 5) is 39.5. The van der Waals surface area contributed by atoms with Crippen LogP contribution in [0.15, 0.2) is 41.5 Å². The van der Waals surface area contributed by atoms with Crippen LogP contribution in [0.3, 0.4) is 0 Å². The van der Waals surface area contributed by atoms with E-state index in [2.05, 4.69) is 15.3 Å². The van der Waals surface area contributed by atoms with E-state index < -0.39 is 11.8 Å². The quantitative estimate of drug-likeness (QED) is 0.724. The Bertz CT molecular complexity index is 656. The van der Waals surface area contributed by atoms with Gasteiger partial charge in [-0.3, -0.25) is 14.4 Å². The van der Waals surface area contributed by atoms with E-state index in [1.165, 1.54) is 18.3 Å². The number of H-pyrrole nitrogens is 1. The van der Waals surface area contributed by atoms with Gasteiger partial charge in [-0.25, -0.2) is 4.98 Å². The molecule has 1 aromatic heterocycles. The van der Waals surface area contributed by atoms with Gasteiger partial charge < -0.3 is 16.0 Å². The van der Waals surface area contributed by atoms with E-state index in [0.29, 0.717) is 11.3 Å². The molecule has 0 atom stereocenters. The molecule has 0 spiro atoms. The maximum Gasteiger partial charge on any atom is 0.275 e. The van der Waals surface area contributed by atoms with Crippen LogP contribution in [0, 0.1) is 0 Å². The fraction of sp³-hybridized carbons (Fsp3) is 0. The van der Waals surface area contributed by atoms with E-state index in [1.54, 1.807) is 12.1 Å². The predicted octanol–water partition coefficient (Wildman–Crippen LogP) is 0.121. The van der Waals surface area contributed by atoms with Crippen molar-refractivity contribution in [3.8, 4) is 0 Å². The molecule has 0 aliphatic heterocycles. The summed E-state index contributed by atoms with van der Waals surface area (Å²) in [5, 5.41) is 2.57. The summed E-state index contributed by atoms with van der Waals surface area (Å²) in [5.74, 6) is -1.01. The highest BCUT2D eigenvalue weighted by atomic mass is 16.2. The molecule has 2 rings (SSSR count). The van der Waals surface area contributed by atoms with E-state index >= 15 is 0 Å². The number of primary amides is 1. The molecule has 0 radical (unpaired) electrons. The van der Waals surface area contributed by atoms with Gasteiger partial charge in [-0.1, -0.05) is 0 Å². The molecule has 0 aliphatic rings. The predicted molar refractivity (Wildman–Crippen MR) is 67.8 cm³/mol. The summed E-state index contributed by atoms with van der Waals surface area (Å²) >= 11 is 0. The molecule has 0 unspecified atom stereocenters. The second kappa shape index (κ2) is 5.13. The molecule has 0 saturated heterocycles. The minimum Gasteiger partial charge on any atom is -0.366 e. The van der Waals surface area contributed by atoms with Crippen LogP contribution in [0.2, 0.25) is 0 Å². The zero-order valence-electron chi connectivity index (χ0n) is 9.71. The van der Waals surface area contributed by atoms with Crippen molar-refractivity contribution in [1.82, 2.24) is 9.97 Å². The molecule has 96 valence electrons. The fourth-order valence-corrected chi connectivity index (χ4v) is 1.38. The number of benzene rings is 1.